The van der Waals surface area contributed by atoms with E-state index in [-0.39, 0.29) is 11.7 Å². The Labute approximate surface area is 163 Å². The fraction of sp³-hybridized carbons (Fsp3) is 0.273. The van der Waals surface area contributed by atoms with Gasteiger partial charge in [-0.3, -0.25) is 4.79 Å². The topological polar surface area (TPSA) is 73.4 Å². The predicted molar refractivity (Wildman–Crippen MR) is 107 cm³/mol. The molecule has 1 aromatic heterocycles. The summed E-state index contributed by atoms with van der Waals surface area (Å²) in [5, 5.41) is 0. The van der Waals surface area contributed by atoms with Crippen molar-refractivity contribution >= 4 is 0 Å². The molecule has 28 heavy (non-hydrogen) atoms. The molecule has 0 atom stereocenters. The van der Waals surface area contributed by atoms with Crippen LogP contribution in [0.4, 0.5) is 0 Å². The minimum atomic E-state index is -0.206. The van der Waals surface area contributed by atoms with E-state index < -0.39 is 0 Å². The Morgan fingerprint density at radius 3 is 2.82 bits per heavy atom. The highest BCUT2D eigenvalue weighted by Gasteiger charge is 2.25. The molecule has 0 fully saturated rings. The normalized spacial score (nSPS) is 12.1. The molecule has 1 aliphatic rings. The molecule has 2 aromatic carbocycles. The van der Waals surface area contributed by atoms with Gasteiger partial charge in [0.15, 0.2) is 11.5 Å². The largest absolute Gasteiger partial charge is 0.491 e. The van der Waals surface area contributed by atoms with Gasteiger partial charge in [0, 0.05) is 17.5 Å². The van der Waals surface area contributed by atoms with E-state index in [4.69, 9.17) is 14.2 Å². The number of aromatic amines is 1. The van der Waals surface area contributed by atoms with Crippen molar-refractivity contribution in [1.82, 2.24) is 9.97 Å². The van der Waals surface area contributed by atoms with Crippen molar-refractivity contribution in [3.8, 4) is 34.5 Å². The van der Waals surface area contributed by atoms with Crippen LogP contribution in [0.15, 0.2) is 47.3 Å². The molecule has 0 saturated carbocycles. The maximum Gasteiger partial charge on any atom is 0.258 e. The van der Waals surface area contributed by atoms with Crippen molar-refractivity contribution < 1.29 is 14.2 Å². The third kappa shape index (κ3) is 3.45. The fourth-order valence-electron chi connectivity index (χ4n) is 3.22. The van der Waals surface area contributed by atoms with Gasteiger partial charge in [0.25, 0.3) is 5.56 Å². The summed E-state index contributed by atoms with van der Waals surface area (Å²) in [5.74, 6) is 2.75. The second kappa shape index (κ2) is 7.38. The van der Waals surface area contributed by atoms with Crippen LogP contribution in [0.2, 0.25) is 0 Å². The number of ether oxygens (including phenoxy) is 3. The van der Waals surface area contributed by atoms with E-state index in [1.165, 1.54) is 0 Å². The van der Waals surface area contributed by atoms with Crippen LogP contribution in [-0.2, 0) is 6.42 Å². The van der Waals surface area contributed by atoms with Gasteiger partial charge in [-0.1, -0.05) is 24.3 Å². The van der Waals surface area contributed by atoms with Crippen molar-refractivity contribution in [3.05, 3.63) is 63.9 Å². The molecule has 1 aliphatic heterocycles. The highest BCUT2D eigenvalue weighted by Crippen LogP contribution is 2.40. The lowest BCUT2D eigenvalue weighted by Gasteiger charge is -2.21. The van der Waals surface area contributed by atoms with Crippen molar-refractivity contribution in [3.63, 3.8) is 0 Å². The summed E-state index contributed by atoms with van der Waals surface area (Å²) in [6, 6.07) is 13.2. The van der Waals surface area contributed by atoms with Gasteiger partial charge in [-0.15, -0.1) is 0 Å². The number of nitrogens with zero attached hydrogens (tertiary/aromatic N) is 1. The molecule has 6 heteroatoms. The van der Waals surface area contributed by atoms with Crippen molar-refractivity contribution in [2.24, 2.45) is 0 Å². The van der Waals surface area contributed by atoms with Gasteiger partial charge in [0.1, 0.15) is 11.6 Å². The van der Waals surface area contributed by atoms with E-state index in [1.807, 2.05) is 63.2 Å². The van der Waals surface area contributed by atoms with Gasteiger partial charge in [-0.2, -0.15) is 4.98 Å². The number of hydrogen-bond donors (Lipinski definition) is 1. The average molecular weight is 378 g/mol. The molecule has 4 rings (SSSR count). The summed E-state index contributed by atoms with van der Waals surface area (Å²) in [5.41, 5.74) is 1.97. The zero-order valence-electron chi connectivity index (χ0n) is 16.1. The average Bonchev–Trinajstić information content (AvgIpc) is 2.67. The molecule has 0 radical (unpaired) electrons. The Balaban J connectivity index is 1.74. The summed E-state index contributed by atoms with van der Waals surface area (Å²) in [6.07, 6.45) is 0.507. The van der Waals surface area contributed by atoms with E-state index in [9.17, 15) is 4.79 Å². The fourth-order valence-corrected chi connectivity index (χ4v) is 3.22. The number of rotatable bonds is 5. The van der Waals surface area contributed by atoms with Gasteiger partial charge in [0.05, 0.1) is 18.3 Å². The van der Waals surface area contributed by atoms with Gasteiger partial charge in [-0.25, -0.2) is 0 Å². The Bertz CT molecular complexity index is 1070. The van der Waals surface area contributed by atoms with Crippen molar-refractivity contribution in [2.45, 2.75) is 33.3 Å². The van der Waals surface area contributed by atoms with Gasteiger partial charge in [-0.05, 0) is 39.0 Å². The molecule has 0 unspecified atom stereocenters. The highest BCUT2D eigenvalue weighted by molar-refractivity contribution is 5.60. The lowest BCUT2D eigenvalue weighted by molar-refractivity contribution is 0.242. The van der Waals surface area contributed by atoms with Crippen LogP contribution in [0.25, 0.3) is 11.4 Å². The Morgan fingerprint density at radius 2 is 2.04 bits per heavy atom. The number of benzene rings is 2. The number of para-hydroxylation sites is 1. The predicted octanol–water partition coefficient (Wildman–Crippen LogP) is 4.32. The number of hydrogen-bond acceptors (Lipinski definition) is 5. The van der Waals surface area contributed by atoms with Crippen LogP contribution < -0.4 is 19.8 Å². The Kier molecular flexibility index (Phi) is 4.77. The lowest BCUT2D eigenvalue weighted by Crippen LogP contribution is -2.20. The Hall–Kier alpha value is -3.28. The number of nitrogens with one attached hydrogen (secondary N) is 1. The standard InChI is InChI=1S/C22H22N2O4/c1-4-26-18-10-6-7-14-12-17-21(25)23-20(24-22(17)28-19(14)18)15-8-5-9-16(11-15)27-13(2)3/h5-11,13H,4,12H2,1-3H3,(H,23,24,25). The summed E-state index contributed by atoms with van der Waals surface area (Å²) < 4.78 is 17.4. The second-order valence-corrected chi connectivity index (χ2v) is 6.85. The molecule has 0 saturated heterocycles. The van der Waals surface area contributed by atoms with Crippen LogP contribution >= 0.6 is 0 Å². The molecule has 144 valence electrons. The van der Waals surface area contributed by atoms with Crippen LogP contribution in [0.3, 0.4) is 0 Å². The molecule has 0 amide bonds. The molecule has 0 spiro atoms. The number of aromatic nitrogens is 2. The maximum atomic E-state index is 12.7. The summed E-state index contributed by atoms with van der Waals surface area (Å²) in [4.78, 5) is 20.1. The molecule has 3 aromatic rings. The summed E-state index contributed by atoms with van der Waals surface area (Å²) >= 11 is 0. The summed E-state index contributed by atoms with van der Waals surface area (Å²) in [7, 11) is 0. The van der Waals surface area contributed by atoms with E-state index in [1.54, 1.807) is 0 Å². The first-order valence-electron chi connectivity index (χ1n) is 9.38. The minimum absolute atomic E-state index is 0.0580. The third-order valence-electron chi connectivity index (χ3n) is 4.38. The number of fused-ring (bicyclic) bond motifs is 2. The van der Waals surface area contributed by atoms with E-state index in [2.05, 4.69) is 9.97 Å². The minimum Gasteiger partial charge on any atom is -0.491 e. The molecule has 2 heterocycles. The van der Waals surface area contributed by atoms with Crippen molar-refractivity contribution in [2.75, 3.05) is 6.61 Å². The summed E-state index contributed by atoms with van der Waals surface area (Å²) in [6.45, 7) is 6.38. The molecular formula is C22H22N2O4. The zero-order chi connectivity index (χ0) is 19.7. The SMILES string of the molecule is CCOc1cccc2c1Oc1nc(-c3cccc(OC(C)C)c3)[nH]c(=O)c1C2. The van der Waals surface area contributed by atoms with E-state index >= 15 is 0 Å². The maximum absolute atomic E-state index is 12.7. The first-order chi connectivity index (χ1) is 13.5. The van der Waals surface area contributed by atoms with Gasteiger partial charge in [0.2, 0.25) is 5.88 Å². The van der Waals surface area contributed by atoms with Gasteiger partial charge < -0.3 is 19.2 Å². The lowest BCUT2D eigenvalue weighted by atomic mass is 10.0. The Morgan fingerprint density at radius 1 is 1.21 bits per heavy atom. The molecule has 1 N–H and O–H groups in total. The van der Waals surface area contributed by atoms with Crippen LogP contribution in [0.1, 0.15) is 31.9 Å². The smallest absolute Gasteiger partial charge is 0.258 e. The highest BCUT2D eigenvalue weighted by atomic mass is 16.5. The quantitative estimate of drug-likeness (QED) is 0.560. The van der Waals surface area contributed by atoms with Crippen molar-refractivity contribution in [1.29, 1.82) is 0 Å². The van der Waals surface area contributed by atoms with Crippen LogP contribution in [0, 0.1) is 0 Å². The second-order valence-electron chi connectivity index (χ2n) is 6.85. The van der Waals surface area contributed by atoms with E-state index in [0.717, 1.165) is 16.9 Å². The van der Waals surface area contributed by atoms with E-state index in [0.29, 0.717) is 41.8 Å². The van der Waals surface area contributed by atoms with Crippen LogP contribution in [-0.4, -0.2) is 22.7 Å². The zero-order valence-corrected chi connectivity index (χ0v) is 16.1. The van der Waals surface area contributed by atoms with Gasteiger partial charge >= 0.3 is 0 Å². The third-order valence-corrected chi connectivity index (χ3v) is 4.38. The first kappa shape index (κ1) is 18.1. The molecule has 0 aliphatic carbocycles. The molecule has 6 nitrogen and oxygen atoms in total. The molecular weight excluding hydrogens is 356 g/mol. The number of H-pyrrole nitrogens is 1. The monoisotopic (exact) mass is 378 g/mol. The van der Waals surface area contributed by atoms with Crippen LogP contribution in [0.5, 0.6) is 23.1 Å². The first-order valence-corrected chi connectivity index (χ1v) is 9.38. The molecule has 0 bridgehead atoms.